The molecule has 4 N–H and O–H groups in total. The molecule has 1 unspecified atom stereocenters. The van der Waals surface area contributed by atoms with E-state index in [4.69, 9.17) is 10.5 Å². The van der Waals surface area contributed by atoms with E-state index >= 15 is 0 Å². The fraction of sp³-hybridized carbons (Fsp3) is 0.522. The van der Waals surface area contributed by atoms with Crippen LogP contribution < -0.4 is 21.1 Å². The SMILES string of the molecule is CCCCNc1nc(N)nc2cnn(Cc3cc(CNC4CC45CC5)ccc3OC)c12. The Morgan fingerprint density at radius 1 is 1.29 bits per heavy atom. The monoisotopic (exact) mass is 421 g/mol. The summed E-state index contributed by atoms with van der Waals surface area (Å²) in [4.78, 5) is 8.80. The van der Waals surface area contributed by atoms with Crippen molar-refractivity contribution in [3.63, 3.8) is 0 Å². The van der Waals surface area contributed by atoms with Crippen molar-refractivity contribution in [1.82, 2.24) is 25.1 Å². The average molecular weight is 422 g/mol. The third kappa shape index (κ3) is 4.04. The van der Waals surface area contributed by atoms with Crippen molar-refractivity contribution in [3.05, 3.63) is 35.5 Å². The maximum absolute atomic E-state index is 5.92. The molecule has 2 saturated carbocycles. The van der Waals surface area contributed by atoms with Gasteiger partial charge in [-0.1, -0.05) is 19.4 Å². The van der Waals surface area contributed by atoms with Gasteiger partial charge in [-0.3, -0.25) is 4.68 Å². The number of rotatable bonds is 10. The normalized spacial score (nSPS) is 18.5. The Bertz CT molecular complexity index is 1090. The summed E-state index contributed by atoms with van der Waals surface area (Å²) < 4.78 is 7.57. The third-order valence-electron chi connectivity index (χ3n) is 6.63. The highest BCUT2D eigenvalue weighted by atomic mass is 16.5. The van der Waals surface area contributed by atoms with Crippen LogP contribution in [0.15, 0.2) is 24.4 Å². The minimum absolute atomic E-state index is 0.255. The largest absolute Gasteiger partial charge is 0.496 e. The number of methoxy groups -OCH3 is 1. The quantitative estimate of drug-likeness (QED) is 0.432. The van der Waals surface area contributed by atoms with Crippen molar-refractivity contribution >= 4 is 22.8 Å². The maximum Gasteiger partial charge on any atom is 0.222 e. The molecule has 3 aromatic rings. The zero-order valence-electron chi connectivity index (χ0n) is 18.3. The van der Waals surface area contributed by atoms with E-state index in [-0.39, 0.29) is 5.95 Å². The highest BCUT2D eigenvalue weighted by Crippen LogP contribution is 2.65. The summed E-state index contributed by atoms with van der Waals surface area (Å²) in [6, 6.07) is 7.10. The number of hydrogen-bond acceptors (Lipinski definition) is 7. The van der Waals surface area contributed by atoms with E-state index in [1.807, 2.05) is 10.7 Å². The van der Waals surface area contributed by atoms with Gasteiger partial charge in [-0.25, -0.2) is 4.98 Å². The molecule has 2 aromatic heterocycles. The van der Waals surface area contributed by atoms with Crippen LogP contribution in [0.2, 0.25) is 0 Å². The van der Waals surface area contributed by atoms with Crippen LogP contribution in [-0.2, 0) is 13.1 Å². The van der Waals surface area contributed by atoms with E-state index < -0.39 is 0 Å². The molecule has 31 heavy (non-hydrogen) atoms. The first kappa shape index (κ1) is 20.1. The lowest BCUT2D eigenvalue weighted by atomic mass is 10.1. The summed E-state index contributed by atoms with van der Waals surface area (Å²) in [7, 11) is 1.71. The number of anilines is 2. The molecule has 2 aliphatic carbocycles. The van der Waals surface area contributed by atoms with Crippen molar-refractivity contribution in [1.29, 1.82) is 0 Å². The molecule has 8 nitrogen and oxygen atoms in total. The fourth-order valence-electron chi connectivity index (χ4n) is 4.46. The first-order chi connectivity index (χ1) is 15.1. The summed E-state index contributed by atoms with van der Waals surface area (Å²) in [5.41, 5.74) is 10.5. The molecular weight excluding hydrogens is 390 g/mol. The second kappa shape index (κ2) is 8.00. The minimum atomic E-state index is 0.255. The number of nitrogens with zero attached hydrogens (tertiary/aromatic N) is 4. The predicted molar refractivity (Wildman–Crippen MR) is 122 cm³/mol. The molecule has 2 aliphatic rings. The first-order valence-corrected chi connectivity index (χ1v) is 11.2. The molecule has 2 heterocycles. The van der Waals surface area contributed by atoms with Gasteiger partial charge in [-0.2, -0.15) is 10.1 Å². The molecular formula is C23H31N7O. The zero-order chi connectivity index (χ0) is 21.4. The van der Waals surface area contributed by atoms with Gasteiger partial charge < -0.3 is 21.1 Å². The van der Waals surface area contributed by atoms with Crippen molar-refractivity contribution in [3.8, 4) is 5.75 Å². The van der Waals surface area contributed by atoms with Crippen LogP contribution in [0.3, 0.4) is 0 Å². The van der Waals surface area contributed by atoms with E-state index in [0.717, 1.165) is 54.1 Å². The minimum Gasteiger partial charge on any atom is -0.496 e. The van der Waals surface area contributed by atoms with Crippen molar-refractivity contribution in [2.45, 2.75) is 58.2 Å². The lowest BCUT2D eigenvalue weighted by Crippen LogP contribution is -2.18. The third-order valence-corrected chi connectivity index (χ3v) is 6.63. The van der Waals surface area contributed by atoms with Gasteiger partial charge in [0.2, 0.25) is 5.95 Å². The van der Waals surface area contributed by atoms with Gasteiger partial charge in [-0.15, -0.1) is 0 Å². The topological polar surface area (TPSA) is 103 Å². The van der Waals surface area contributed by atoms with Crippen molar-refractivity contribution in [2.24, 2.45) is 5.41 Å². The molecule has 8 heteroatoms. The number of benzene rings is 1. The smallest absolute Gasteiger partial charge is 0.222 e. The van der Waals surface area contributed by atoms with Crippen molar-refractivity contribution < 1.29 is 4.74 Å². The van der Waals surface area contributed by atoms with Crippen molar-refractivity contribution in [2.75, 3.05) is 24.7 Å². The second-order valence-electron chi connectivity index (χ2n) is 8.89. The highest BCUT2D eigenvalue weighted by molar-refractivity contribution is 5.86. The highest BCUT2D eigenvalue weighted by Gasteiger charge is 2.62. The molecule has 0 saturated heterocycles. The molecule has 1 aromatic carbocycles. The Morgan fingerprint density at radius 2 is 2.16 bits per heavy atom. The summed E-state index contributed by atoms with van der Waals surface area (Å²) in [6.07, 6.45) is 8.05. The Morgan fingerprint density at radius 3 is 2.90 bits per heavy atom. The van der Waals surface area contributed by atoms with Gasteiger partial charge in [-0.05, 0) is 48.8 Å². The van der Waals surface area contributed by atoms with Gasteiger partial charge in [0.25, 0.3) is 0 Å². The van der Waals surface area contributed by atoms with Crippen LogP contribution in [0.1, 0.15) is 50.2 Å². The van der Waals surface area contributed by atoms with E-state index in [0.29, 0.717) is 18.0 Å². The molecule has 0 radical (unpaired) electrons. The molecule has 2 fully saturated rings. The van der Waals surface area contributed by atoms with Crippen LogP contribution in [0, 0.1) is 5.41 Å². The zero-order valence-corrected chi connectivity index (χ0v) is 18.3. The van der Waals surface area contributed by atoms with Gasteiger partial charge in [0, 0.05) is 24.7 Å². The maximum atomic E-state index is 5.92. The molecule has 0 amide bonds. The van der Waals surface area contributed by atoms with Gasteiger partial charge >= 0.3 is 0 Å². The number of hydrogen-bond donors (Lipinski definition) is 3. The second-order valence-corrected chi connectivity index (χ2v) is 8.89. The first-order valence-electron chi connectivity index (χ1n) is 11.2. The number of unbranched alkanes of at least 4 members (excludes halogenated alkanes) is 1. The number of nitrogens with two attached hydrogens (primary N) is 1. The number of nitrogens with one attached hydrogen (secondary N) is 2. The molecule has 164 valence electrons. The van der Waals surface area contributed by atoms with Gasteiger partial charge in [0.05, 0.1) is 19.9 Å². The van der Waals surface area contributed by atoms with Gasteiger partial charge in [0.1, 0.15) is 16.8 Å². The fourth-order valence-corrected chi connectivity index (χ4v) is 4.46. The van der Waals surface area contributed by atoms with E-state index in [1.54, 1.807) is 13.3 Å². The lowest BCUT2D eigenvalue weighted by Gasteiger charge is -2.14. The molecule has 5 rings (SSSR count). The molecule has 1 atom stereocenters. The Labute approximate surface area is 182 Å². The number of nitrogen functional groups attached to an aromatic ring is 1. The molecule has 1 spiro atoms. The van der Waals surface area contributed by atoms with Gasteiger partial charge in [0.15, 0.2) is 5.82 Å². The summed E-state index contributed by atoms with van der Waals surface area (Å²) >= 11 is 0. The number of ether oxygens (including phenoxy) is 1. The molecule has 0 bridgehead atoms. The molecule has 0 aliphatic heterocycles. The van der Waals surface area contributed by atoms with E-state index in [9.17, 15) is 0 Å². The number of fused-ring (bicyclic) bond motifs is 1. The van der Waals surface area contributed by atoms with Crippen LogP contribution in [-0.4, -0.2) is 39.4 Å². The number of aromatic nitrogens is 4. The van der Waals surface area contributed by atoms with E-state index in [2.05, 4.69) is 44.8 Å². The Balaban J connectivity index is 1.39. The Hall–Kier alpha value is -2.87. The van der Waals surface area contributed by atoms with Crippen LogP contribution >= 0.6 is 0 Å². The predicted octanol–water partition coefficient (Wildman–Crippen LogP) is 3.32. The lowest BCUT2D eigenvalue weighted by molar-refractivity contribution is 0.407. The standard InChI is InChI=1S/C23H31N7O/c1-3-4-9-25-21-20-17(28-22(24)29-21)13-27-30(20)14-16-10-15(5-6-18(16)31-2)12-26-19-11-23(19)7-8-23/h5-6,10,13,19,26H,3-4,7-9,11-12,14H2,1-2H3,(H3,24,25,28,29). The Kier molecular flexibility index (Phi) is 5.17. The summed E-state index contributed by atoms with van der Waals surface area (Å²) in [5.74, 6) is 1.84. The summed E-state index contributed by atoms with van der Waals surface area (Å²) in [6.45, 7) is 4.45. The van der Waals surface area contributed by atoms with Crippen LogP contribution in [0.5, 0.6) is 5.75 Å². The van der Waals surface area contributed by atoms with E-state index in [1.165, 1.54) is 24.8 Å². The average Bonchev–Trinajstić information content (AvgIpc) is 3.66. The van der Waals surface area contributed by atoms with Crippen LogP contribution in [0.4, 0.5) is 11.8 Å². The summed E-state index contributed by atoms with van der Waals surface area (Å²) in [5, 5.41) is 11.7. The van der Waals surface area contributed by atoms with Crippen LogP contribution in [0.25, 0.3) is 11.0 Å².